The molecule has 2 atom stereocenters. The van der Waals surface area contributed by atoms with E-state index in [4.69, 9.17) is 14.6 Å². The molecule has 32 heavy (non-hydrogen) atoms. The Balaban J connectivity index is 0.000000321. The van der Waals surface area contributed by atoms with Gasteiger partial charge < -0.3 is 30.1 Å². The van der Waals surface area contributed by atoms with E-state index >= 15 is 0 Å². The standard InChI is InChI=1S/C12H18N2O.C11H19NO5/c1-14(2)8-9-7-13-10-5-4-6-11(15-3)12(9)10;1-7(13)8(5-6-9(14)15)12-10(16)17-11(2,3)4/h4-6,9,13H,7-8H2,1-3H3;8H,5-6H2,1-4H3,(H,12,16)(H,14,15). The van der Waals surface area contributed by atoms with Gasteiger partial charge in [0, 0.05) is 36.7 Å². The van der Waals surface area contributed by atoms with Crippen molar-refractivity contribution in [2.75, 3.05) is 39.6 Å². The molecule has 1 heterocycles. The van der Waals surface area contributed by atoms with Crippen LogP contribution < -0.4 is 15.4 Å². The molecular formula is C23H37N3O6. The number of alkyl carbamates (subject to hydrolysis) is 1. The number of carbonyl (C=O) groups is 3. The lowest BCUT2D eigenvalue weighted by atomic mass is 10.00. The molecule has 9 heteroatoms. The van der Waals surface area contributed by atoms with Crippen LogP contribution in [0.1, 0.15) is 52.0 Å². The third kappa shape index (κ3) is 9.55. The number of Topliss-reactive ketones (excluding diaryl/α,β-unsaturated/α-hetero) is 1. The molecule has 0 spiro atoms. The van der Waals surface area contributed by atoms with Crippen LogP contribution >= 0.6 is 0 Å². The van der Waals surface area contributed by atoms with Crippen LogP contribution in [0.15, 0.2) is 18.2 Å². The third-order valence-corrected chi connectivity index (χ3v) is 4.65. The molecule has 1 amide bonds. The number of nitrogens with zero attached hydrogens (tertiary/aromatic N) is 1. The Morgan fingerprint density at radius 3 is 2.44 bits per heavy atom. The number of likely N-dealkylation sites (N-methyl/N-ethyl adjacent to an activating group) is 1. The summed E-state index contributed by atoms with van der Waals surface area (Å²) in [6.45, 7) is 8.46. The van der Waals surface area contributed by atoms with Crippen LogP contribution in [0.5, 0.6) is 5.75 Å². The van der Waals surface area contributed by atoms with Gasteiger partial charge in [-0.15, -0.1) is 0 Å². The average molecular weight is 452 g/mol. The summed E-state index contributed by atoms with van der Waals surface area (Å²) >= 11 is 0. The van der Waals surface area contributed by atoms with Crippen LogP contribution in [-0.4, -0.2) is 73.8 Å². The van der Waals surface area contributed by atoms with Crippen molar-refractivity contribution in [2.24, 2.45) is 0 Å². The Morgan fingerprint density at radius 1 is 1.28 bits per heavy atom. The largest absolute Gasteiger partial charge is 0.496 e. The Hall–Kier alpha value is -2.81. The third-order valence-electron chi connectivity index (χ3n) is 4.65. The fourth-order valence-corrected chi connectivity index (χ4v) is 3.32. The van der Waals surface area contributed by atoms with Crippen LogP contribution in [0, 0.1) is 0 Å². The zero-order chi connectivity index (χ0) is 24.5. The number of ether oxygens (including phenoxy) is 2. The highest BCUT2D eigenvalue weighted by atomic mass is 16.6. The minimum Gasteiger partial charge on any atom is -0.496 e. The zero-order valence-electron chi connectivity index (χ0n) is 20.2. The number of benzene rings is 1. The maximum atomic E-state index is 11.4. The number of aliphatic carboxylic acids is 1. The monoisotopic (exact) mass is 451 g/mol. The van der Waals surface area contributed by atoms with Gasteiger partial charge in [0.2, 0.25) is 0 Å². The molecule has 0 saturated heterocycles. The molecule has 9 nitrogen and oxygen atoms in total. The quantitative estimate of drug-likeness (QED) is 0.552. The number of nitrogens with one attached hydrogen (secondary N) is 2. The normalized spacial score (nSPS) is 15.6. The van der Waals surface area contributed by atoms with Crippen LogP contribution in [0.25, 0.3) is 0 Å². The molecule has 0 aromatic heterocycles. The van der Waals surface area contributed by atoms with Crippen LogP contribution in [0.4, 0.5) is 10.5 Å². The molecule has 0 radical (unpaired) electrons. The van der Waals surface area contributed by atoms with Crippen molar-refractivity contribution in [3.8, 4) is 5.75 Å². The first-order chi connectivity index (χ1) is 14.8. The van der Waals surface area contributed by atoms with E-state index in [1.807, 2.05) is 12.1 Å². The first kappa shape index (κ1) is 27.2. The van der Waals surface area contributed by atoms with Crippen molar-refractivity contribution < 1.29 is 29.0 Å². The summed E-state index contributed by atoms with van der Waals surface area (Å²) in [4.78, 5) is 35.2. The fraction of sp³-hybridized carbons (Fsp3) is 0.609. The van der Waals surface area contributed by atoms with Crippen molar-refractivity contribution in [1.29, 1.82) is 0 Å². The van der Waals surface area contributed by atoms with E-state index in [0.717, 1.165) is 18.8 Å². The van der Waals surface area contributed by atoms with Crippen molar-refractivity contribution in [2.45, 2.75) is 58.1 Å². The Morgan fingerprint density at radius 2 is 1.94 bits per heavy atom. The molecule has 1 aliphatic rings. The number of hydrogen-bond donors (Lipinski definition) is 3. The van der Waals surface area contributed by atoms with Crippen molar-refractivity contribution in [1.82, 2.24) is 10.2 Å². The maximum absolute atomic E-state index is 11.4. The number of ketones is 1. The van der Waals surface area contributed by atoms with Gasteiger partial charge in [-0.2, -0.15) is 0 Å². The van der Waals surface area contributed by atoms with E-state index in [2.05, 4.69) is 35.7 Å². The van der Waals surface area contributed by atoms with Gasteiger partial charge in [0.1, 0.15) is 11.4 Å². The Bertz CT molecular complexity index is 788. The molecule has 2 unspecified atom stereocenters. The van der Waals surface area contributed by atoms with Gasteiger partial charge in [0.05, 0.1) is 13.2 Å². The highest BCUT2D eigenvalue weighted by Crippen LogP contribution is 2.38. The predicted octanol–water partition coefficient (Wildman–Crippen LogP) is 3.10. The van der Waals surface area contributed by atoms with Gasteiger partial charge in [0.15, 0.2) is 5.78 Å². The SMILES string of the molecule is CC(=O)C(CCC(=O)O)NC(=O)OC(C)(C)C.COc1cccc2c1C(CN(C)C)CN2. The average Bonchev–Trinajstić information content (AvgIpc) is 3.06. The zero-order valence-corrected chi connectivity index (χ0v) is 20.2. The van der Waals surface area contributed by atoms with E-state index in [1.54, 1.807) is 27.9 Å². The number of fused-ring (bicyclic) bond motifs is 1. The highest BCUT2D eigenvalue weighted by Gasteiger charge is 2.26. The summed E-state index contributed by atoms with van der Waals surface area (Å²) in [5.41, 5.74) is 1.90. The Labute approximate surface area is 190 Å². The number of hydrogen-bond acceptors (Lipinski definition) is 7. The lowest BCUT2D eigenvalue weighted by molar-refractivity contribution is -0.137. The number of anilines is 1. The van der Waals surface area contributed by atoms with Crippen LogP contribution in [0.2, 0.25) is 0 Å². The molecule has 1 aromatic rings. The first-order valence-electron chi connectivity index (χ1n) is 10.6. The number of carboxylic acids is 1. The van der Waals surface area contributed by atoms with Crippen LogP contribution in [0.3, 0.4) is 0 Å². The smallest absolute Gasteiger partial charge is 0.408 e. The summed E-state index contributed by atoms with van der Waals surface area (Å²) in [5, 5.41) is 14.3. The van der Waals surface area contributed by atoms with Gasteiger partial charge in [-0.3, -0.25) is 9.59 Å². The topological polar surface area (TPSA) is 117 Å². The van der Waals surface area contributed by atoms with E-state index < -0.39 is 23.7 Å². The van der Waals surface area contributed by atoms with Crippen molar-refractivity contribution in [3.05, 3.63) is 23.8 Å². The van der Waals surface area contributed by atoms with Gasteiger partial charge in [-0.1, -0.05) is 6.07 Å². The molecular weight excluding hydrogens is 414 g/mol. The fourth-order valence-electron chi connectivity index (χ4n) is 3.32. The number of carbonyl (C=O) groups excluding carboxylic acids is 2. The molecule has 1 aliphatic heterocycles. The minimum atomic E-state index is -1.01. The molecule has 0 aliphatic carbocycles. The first-order valence-corrected chi connectivity index (χ1v) is 10.6. The number of amides is 1. The van der Waals surface area contributed by atoms with Crippen molar-refractivity contribution in [3.63, 3.8) is 0 Å². The second-order valence-corrected chi connectivity index (χ2v) is 9.00. The number of methoxy groups -OCH3 is 1. The summed E-state index contributed by atoms with van der Waals surface area (Å²) < 4.78 is 10.4. The minimum absolute atomic E-state index is 0.0594. The molecule has 0 saturated carbocycles. The van der Waals surface area contributed by atoms with Gasteiger partial charge >= 0.3 is 12.1 Å². The summed E-state index contributed by atoms with van der Waals surface area (Å²) in [6.07, 6.45) is -0.840. The summed E-state index contributed by atoms with van der Waals surface area (Å²) in [6, 6.07) is 5.37. The van der Waals surface area contributed by atoms with Gasteiger partial charge in [0.25, 0.3) is 0 Å². The molecule has 0 fully saturated rings. The summed E-state index contributed by atoms with van der Waals surface area (Å²) in [7, 11) is 5.95. The maximum Gasteiger partial charge on any atom is 0.408 e. The number of carboxylic acid groups (broad SMARTS) is 1. The lowest BCUT2D eigenvalue weighted by Gasteiger charge is -2.22. The highest BCUT2D eigenvalue weighted by molar-refractivity contribution is 5.85. The molecule has 2 rings (SSSR count). The van der Waals surface area contributed by atoms with Crippen molar-refractivity contribution >= 4 is 23.5 Å². The van der Waals surface area contributed by atoms with E-state index in [-0.39, 0.29) is 18.6 Å². The van der Waals surface area contributed by atoms with Crippen LogP contribution in [-0.2, 0) is 14.3 Å². The van der Waals surface area contributed by atoms with Gasteiger partial charge in [-0.25, -0.2) is 4.79 Å². The van der Waals surface area contributed by atoms with Gasteiger partial charge in [-0.05, 0) is 60.3 Å². The van der Waals surface area contributed by atoms with E-state index in [1.165, 1.54) is 18.2 Å². The molecule has 0 bridgehead atoms. The number of rotatable bonds is 8. The second-order valence-electron chi connectivity index (χ2n) is 9.00. The van der Waals surface area contributed by atoms with E-state index in [0.29, 0.717) is 5.92 Å². The Kier molecular flexibility index (Phi) is 10.5. The second kappa shape index (κ2) is 12.3. The van der Waals surface area contributed by atoms with E-state index in [9.17, 15) is 14.4 Å². The predicted molar refractivity (Wildman–Crippen MR) is 123 cm³/mol. The molecule has 180 valence electrons. The molecule has 1 aromatic carbocycles. The summed E-state index contributed by atoms with van der Waals surface area (Å²) in [5.74, 6) is 0.231. The molecule has 3 N–H and O–H groups in total. The lowest BCUT2D eigenvalue weighted by Crippen LogP contribution is -2.42.